The highest BCUT2D eigenvalue weighted by atomic mass is 16.4. The minimum Gasteiger partial charge on any atom is -0.508 e. The van der Waals surface area contributed by atoms with E-state index in [0.717, 1.165) is 28.7 Å². The Kier molecular flexibility index (Phi) is 8.63. The van der Waals surface area contributed by atoms with Gasteiger partial charge < -0.3 is 15.3 Å². The van der Waals surface area contributed by atoms with Crippen molar-refractivity contribution in [2.24, 2.45) is 5.92 Å². The zero-order valence-electron chi connectivity index (χ0n) is 18.6. The Morgan fingerprint density at radius 2 is 1.48 bits per heavy atom. The van der Waals surface area contributed by atoms with Gasteiger partial charge in [-0.1, -0.05) is 51.1 Å². The van der Waals surface area contributed by atoms with Crippen LogP contribution in [0.5, 0.6) is 5.75 Å². The molecule has 4 N–H and O–H groups in total. The molecule has 0 aliphatic carbocycles. The summed E-state index contributed by atoms with van der Waals surface area (Å²) in [4.78, 5) is 23.2. The van der Waals surface area contributed by atoms with E-state index in [2.05, 4.69) is 18.3 Å². The second-order valence-electron chi connectivity index (χ2n) is 8.81. The van der Waals surface area contributed by atoms with Crippen molar-refractivity contribution < 1.29 is 24.9 Å². The minimum atomic E-state index is -1.06. The van der Waals surface area contributed by atoms with Crippen LogP contribution in [0.2, 0.25) is 0 Å². The molecule has 0 saturated carbocycles. The number of hydrogen-bond donors (Lipinski definition) is 4. The number of phenols is 1. The van der Waals surface area contributed by atoms with E-state index < -0.39 is 24.0 Å². The monoisotopic (exact) mass is 427 g/mol. The number of benzene rings is 2. The molecule has 0 heterocycles. The van der Waals surface area contributed by atoms with Crippen LogP contribution in [0.3, 0.4) is 0 Å². The Labute approximate surface area is 183 Å². The first-order valence-corrected chi connectivity index (χ1v) is 10.6. The van der Waals surface area contributed by atoms with Gasteiger partial charge in [-0.05, 0) is 72.4 Å². The van der Waals surface area contributed by atoms with Gasteiger partial charge in [0.1, 0.15) is 17.8 Å². The van der Waals surface area contributed by atoms with E-state index in [1.165, 1.54) is 0 Å². The number of carboxylic acid groups (broad SMARTS) is 2. The molecule has 2 aromatic rings. The van der Waals surface area contributed by atoms with E-state index in [-0.39, 0.29) is 24.0 Å². The largest absolute Gasteiger partial charge is 0.508 e. The van der Waals surface area contributed by atoms with Crippen LogP contribution in [-0.2, 0) is 22.4 Å². The second-order valence-corrected chi connectivity index (χ2v) is 8.81. The normalized spacial score (nSPS) is 14.2. The summed E-state index contributed by atoms with van der Waals surface area (Å²) >= 11 is 0. The molecule has 2 unspecified atom stereocenters. The molecule has 3 atom stereocenters. The quantitative estimate of drug-likeness (QED) is 0.430. The lowest BCUT2D eigenvalue weighted by Crippen LogP contribution is -2.48. The third-order valence-corrected chi connectivity index (χ3v) is 5.36. The van der Waals surface area contributed by atoms with Gasteiger partial charge in [0.2, 0.25) is 0 Å². The molecule has 6 heteroatoms. The van der Waals surface area contributed by atoms with Crippen molar-refractivity contribution in [2.45, 2.75) is 65.0 Å². The van der Waals surface area contributed by atoms with E-state index in [0.29, 0.717) is 6.42 Å². The van der Waals surface area contributed by atoms with Crippen LogP contribution in [0, 0.1) is 12.8 Å². The average molecular weight is 428 g/mol. The number of nitrogens with one attached hydrogen (secondary N) is 1. The van der Waals surface area contributed by atoms with Gasteiger partial charge in [-0.15, -0.1) is 0 Å². The van der Waals surface area contributed by atoms with Crippen LogP contribution in [0.4, 0.5) is 0 Å². The van der Waals surface area contributed by atoms with Crippen LogP contribution in [0.15, 0.2) is 42.5 Å². The zero-order valence-corrected chi connectivity index (χ0v) is 18.6. The number of phenolic OH excluding ortho intramolecular Hbond substituents is 1. The first-order valence-electron chi connectivity index (χ1n) is 10.6. The van der Waals surface area contributed by atoms with Crippen LogP contribution < -0.4 is 5.32 Å². The number of carbonyl (C=O) groups is 2. The molecule has 0 amide bonds. The predicted molar refractivity (Wildman–Crippen MR) is 121 cm³/mol. The molecule has 0 fully saturated rings. The number of aromatic hydroxyl groups is 1. The topological polar surface area (TPSA) is 107 Å². The summed E-state index contributed by atoms with van der Waals surface area (Å²) in [5.41, 5.74) is 4.03. The Morgan fingerprint density at radius 3 is 2.00 bits per heavy atom. The van der Waals surface area contributed by atoms with Crippen LogP contribution in [-0.4, -0.2) is 39.3 Å². The lowest BCUT2D eigenvalue weighted by Gasteiger charge is -2.22. The Bertz CT molecular complexity index is 871. The third-order valence-electron chi connectivity index (χ3n) is 5.36. The fourth-order valence-corrected chi connectivity index (χ4v) is 3.82. The first kappa shape index (κ1) is 24.4. The van der Waals surface area contributed by atoms with Crippen molar-refractivity contribution in [3.63, 3.8) is 0 Å². The summed E-state index contributed by atoms with van der Waals surface area (Å²) in [6.45, 7) is 7.88. The fraction of sp³-hybridized carbons (Fsp3) is 0.440. The summed E-state index contributed by atoms with van der Waals surface area (Å²) in [7, 11) is 0. The maximum atomic E-state index is 11.7. The van der Waals surface area contributed by atoms with E-state index >= 15 is 0 Å². The van der Waals surface area contributed by atoms with Crippen molar-refractivity contribution in [3.8, 4) is 5.75 Å². The lowest BCUT2D eigenvalue weighted by atomic mass is 9.91. The highest BCUT2D eigenvalue weighted by molar-refractivity contribution is 5.77. The van der Waals surface area contributed by atoms with Crippen molar-refractivity contribution in [1.29, 1.82) is 0 Å². The SMILES string of the molecule is Cc1cc(O)cc(CC(C)c2ccc(CC(N[C@@H](CC(C)C)C(=O)O)C(=O)O)cc2)c1. The number of hydrogen-bond acceptors (Lipinski definition) is 4. The maximum absolute atomic E-state index is 11.7. The van der Waals surface area contributed by atoms with E-state index in [9.17, 15) is 24.9 Å². The Balaban J connectivity index is 2.06. The highest BCUT2D eigenvalue weighted by Crippen LogP contribution is 2.24. The number of aliphatic carboxylic acids is 2. The van der Waals surface area contributed by atoms with Crippen LogP contribution in [0.25, 0.3) is 0 Å². The molecule has 0 radical (unpaired) electrons. The van der Waals surface area contributed by atoms with E-state index in [1.54, 1.807) is 12.1 Å². The zero-order chi connectivity index (χ0) is 23.1. The fourth-order valence-electron chi connectivity index (χ4n) is 3.82. The molecule has 2 aromatic carbocycles. The van der Waals surface area contributed by atoms with Crippen LogP contribution >= 0.6 is 0 Å². The predicted octanol–water partition coefficient (Wildman–Crippen LogP) is 4.13. The van der Waals surface area contributed by atoms with Crippen molar-refractivity contribution in [2.75, 3.05) is 0 Å². The van der Waals surface area contributed by atoms with Gasteiger partial charge >= 0.3 is 11.9 Å². The van der Waals surface area contributed by atoms with Gasteiger partial charge in [0.05, 0.1) is 0 Å². The van der Waals surface area contributed by atoms with Gasteiger partial charge in [0, 0.05) is 0 Å². The molecule has 0 aliphatic heterocycles. The first-order chi connectivity index (χ1) is 14.5. The summed E-state index contributed by atoms with van der Waals surface area (Å²) < 4.78 is 0. The summed E-state index contributed by atoms with van der Waals surface area (Å²) in [6.07, 6.45) is 1.35. The molecule has 31 heavy (non-hydrogen) atoms. The molecule has 6 nitrogen and oxygen atoms in total. The molecule has 0 saturated heterocycles. The molecule has 0 aromatic heterocycles. The van der Waals surface area contributed by atoms with Crippen molar-refractivity contribution >= 4 is 11.9 Å². The highest BCUT2D eigenvalue weighted by Gasteiger charge is 2.26. The third kappa shape index (κ3) is 7.72. The molecule has 0 aliphatic rings. The lowest BCUT2D eigenvalue weighted by molar-refractivity contribution is -0.142. The summed E-state index contributed by atoms with van der Waals surface area (Å²) in [5.74, 6) is -1.47. The number of rotatable bonds is 11. The average Bonchev–Trinajstić information content (AvgIpc) is 2.65. The van der Waals surface area contributed by atoms with E-state index in [1.807, 2.05) is 45.0 Å². The standard InChI is InChI=1S/C25H33NO5/c1-15(2)9-22(24(28)29)26-23(25(30)31)14-18-5-7-20(8-6-18)17(4)12-19-10-16(3)11-21(27)13-19/h5-8,10-11,13,15,17,22-23,26-27H,9,12,14H2,1-4H3,(H,28,29)(H,30,31)/t17?,22-,23?/m0/s1. The smallest absolute Gasteiger partial charge is 0.321 e. The Morgan fingerprint density at radius 1 is 0.871 bits per heavy atom. The Hall–Kier alpha value is -2.86. The maximum Gasteiger partial charge on any atom is 0.321 e. The van der Waals surface area contributed by atoms with Crippen molar-refractivity contribution in [1.82, 2.24) is 5.32 Å². The molecule has 0 spiro atoms. The minimum absolute atomic E-state index is 0.138. The van der Waals surface area contributed by atoms with Gasteiger partial charge in [0.25, 0.3) is 0 Å². The second kappa shape index (κ2) is 11.0. The van der Waals surface area contributed by atoms with E-state index in [4.69, 9.17) is 0 Å². The molecular formula is C25H33NO5. The number of carboxylic acids is 2. The summed E-state index contributed by atoms with van der Waals surface area (Å²) in [6, 6.07) is 11.5. The molecule has 0 bridgehead atoms. The molecule has 2 rings (SSSR count). The molecular weight excluding hydrogens is 394 g/mol. The summed E-state index contributed by atoms with van der Waals surface area (Å²) in [5, 5.41) is 31.6. The van der Waals surface area contributed by atoms with Gasteiger partial charge in [-0.25, -0.2) is 0 Å². The van der Waals surface area contributed by atoms with Gasteiger partial charge in [-0.3, -0.25) is 14.9 Å². The van der Waals surface area contributed by atoms with Gasteiger partial charge in [-0.2, -0.15) is 0 Å². The molecule has 168 valence electrons. The van der Waals surface area contributed by atoms with Gasteiger partial charge in [0.15, 0.2) is 0 Å². The van der Waals surface area contributed by atoms with Crippen LogP contribution in [0.1, 0.15) is 55.4 Å². The number of aryl methyl sites for hydroxylation is 1. The van der Waals surface area contributed by atoms with Crippen molar-refractivity contribution in [3.05, 3.63) is 64.7 Å².